The molecule has 170 valence electrons. The summed E-state index contributed by atoms with van der Waals surface area (Å²) in [7, 11) is 0. The number of carboxylic acid groups (broad SMARTS) is 1. The van der Waals surface area contributed by atoms with Crippen molar-refractivity contribution in [3.8, 4) is 16.9 Å². The van der Waals surface area contributed by atoms with E-state index in [1.807, 2.05) is 6.07 Å². The van der Waals surface area contributed by atoms with Gasteiger partial charge in [-0.05, 0) is 72.4 Å². The van der Waals surface area contributed by atoms with Crippen LogP contribution < -0.4 is 4.74 Å². The smallest absolute Gasteiger partial charge is 0.449 e. The molecule has 2 aromatic rings. The Bertz CT molecular complexity index is 810. The Kier molecular flexibility index (Phi) is 11.2. The summed E-state index contributed by atoms with van der Waals surface area (Å²) >= 11 is 0. The number of ether oxygens (including phenoxy) is 1. The highest BCUT2D eigenvalue weighted by Gasteiger charge is 2.18. The van der Waals surface area contributed by atoms with E-state index in [9.17, 15) is 9.90 Å². The SMILES string of the molecule is CCCCCc1ccccc1-c1ccc(OC(=O)O)c(CCCCC)c1CCCCC. The lowest BCUT2D eigenvalue weighted by atomic mass is 9.86. The quantitative estimate of drug-likeness (QED) is 0.187. The fraction of sp³-hybridized carbons (Fsp3) is 0.536. The van der Waals surface area contributed by atoms with E-state index in [0.717, 1.165) is 50.5 Å². The van der Waals surface area contributed by atoms with E-state index in [1.54, 1.807) is 0 Å². The predicted octanol–water partition coefficient (Wildman–Crippen LogP) is 8.61. The van der Waals surface area contributed by atoms with Crippen molar-refractivity contribution in [3.05, 3.63) is 53.1 Å². The number of carbonyl (C=O) groups is 1. The Morgan fingerprint density at radius 2 is 1.29 bits per heavy atom. The maximum Gasteiger partial charge on any atom is 0.511 e. The van der Waals surface area contributed by atoms with E-state index < -0.39 is 6.16 Å². The molecule has 0 fully saturated rings. The Morgan fingerprint density at radius 1 is 0.710 bits per heavy atom. The molecule has 0 aliphatic heterocycles. The maximum atomic E-state index is 11.4. The molecule has 3 nitrogen and oxygen atoms in total. The van der Waals surface area contributed by atoms with E-state index in [0.29, 0.717) is 5.75 Å². The molecule has 0 aliphatic rings. The first kappa shape index (κ1) is 25.0. The van der Waals surface area contributed by atoms with Gasteiger partial charge in [0.25, 0.3) is 0 Å². The van der Waals surface area contributed by atoms with Crippen molar-refractivity contribution in [2.75, 3.05) is 0 Å². The highest BCUT2D eigenvalue weighted by Crippen LogP contribution is 2.37. The van der Waals surface area contributed by atoms with Gasteiger partial charge >= 0.3 is 6.16 Å². The van der Waals surface area contributed by atoms with Crippen molar-refractivity contribution in [1.29, 1.82) is 0 Å². The van der Waals surface area contributed by atoms with Crippen molar-refractivity contribution < 1.29 is 14.6 Å². The third-order valence-corrected chi connectivity index (χ3v) is 6.00. The molecule has 0 atom stereocenters. The lowest BCUT2D eigenvalue weighted by Crippen LogP contribution is -2.09. The normalized spacial score (nSPS) is 10.9. The first-order chi connectivity index (χ1) is 15.1. The second-order valence-electron chi connectivity index (χ2n) is 8.46. The average Bonchev–Trinajstić information content (AvgIpc) is 2.76. The van der Waals surface area contributed by atoms with Crippen LogP contribution >= 0.6 is 0 Å². The molecular weight excluding hydrogens is 384 g/mol. The van der Waals surface area contributed by atoms with E-state index >= 15 is 0 Å². The maximum absolute atomic E-state index is 11.4. The monoisotopic (exact) mass is 424 g/mol. The minimum atomic E-state index is -1.23. The third kappa shape index (κ3) is 7.72. The van der Waals surface area contributed by atoms with E-state index in [2.05, 4.69) is 51.1 Å². The van der Waals surface area contributed by atoms with Gasteiger partial charge in [0.05, 0.1) is 0 Å². The highest BCUT2D eigenvalue weighted by atomic mass is 16.7. The van der Waals surface area contributed by atoms with Crippen LogP contribution in [0.25, 0.3) is 11.1 Å². The molecule has 2 aromatic carbocycles. The summed E-state index contributed by atoms with van der Waals surface area (Å²) in [4.78, 5) is 11.4. The predicted molar refractivity (Wildman–Crippen MR) is 130 cm³/mol. The van der Waals surface area contributed by atoms with Gasteiger partial charge in [0.1, 0.15) is 5.75 Å². The molecule has 3 heteroatoms. The zero-order chi connectivity index (χ0) is 22.5. The van der Waals surface area contributed by atoms with E-state index in [1.165, 1.54) is 54.4 Å². The van der Waals surface area contributed by atoms with Gasteiger partial charge in [0, 0.05) is 0 Å². The minimum Gasteiger partial charge on any atom is -0.449 e. The van der Waals surface area contributed by atoms with Crippen molar-refractivity contribution in [2.45, 2.75) is 97.8 Å². The van der Waals surface area contributed by atoms with Crippen LogP contribution in [0.15, 0.2) is 36.4 Å². The lowest BCUT2D eigenvalue weighted by Gasteiger charge is -2.20. The summed E-state index contributed by atoms with van der Waals surface area (Å²) in [6, 6.07) is 12.7. The summed E-state index contributed by atoms with van der Waals surface area (Å²) in [5.74, 6) is 0.516. The van der Waals surface area contributed by atoms with Crippen LogP contribution in [0.5, 0.6) is 5.75 Å². The topological polar surface area (TPSA) is 46.5 Å². The van der Waals surface area contributed by atoms with Crippen LogP contribution in [0.1, 0.15) is 95.2 Å². The van der Waals surface area contributed by atoms with Crippen LogP contribution in [-0.2, 0) is 19.3 Å². The molecule has 0 saturated carbocycles. The fourth-order valence-electron chi connectivity index (χ4n) is 4.34. The number of benzene rings is 2. The summed E-state index contributed by atoms with van der Waals surface area (Å²) < 4.78 is 5.24. The summed E-state index contributed by atoms with van der Waals surface area (Å²) in [5, 5.41) is 9.30. The molecule has 0 spiro atoms. The Hall–Kier alpha value is -2.29. The lowest BCUT2D eigenvalue weighted by molar-refractivity contribution is 0.144. The molecule has 0 amide bonds. The van der Waals surface area contributed by atoms with Gasteiger partial charge in [-0.15, -0.1) is 0 Å². The van der Waals surface area contributed by atoms with Crippen molar-refractivity contribution in [1.82, 2.24) is 0 Å². The largest absolute Gasteiger partial charge is 0.511 e. The number of unbranched alkanes of at least 4 members (excludes halogenated alkanes) is 6. The second-order valence-corrected chi connectivity index (χ2v) is 8.46. The summed E-state index contributed by atoms with van der Waals surface area (Å²) in [5.41, 5.74) is 6.31. The molecule has 0 bridgehead atoms. The number of hydrogen-bond donors (Lipinski definition) is 1. The molecule has 0 aliphatic carbocycles. The van der Waals surface area contributed by atoms with Crippen molar-refractivity contribution in [2.24, 2.45) is 0 Å². The van der Waals surface area contributed by atoms with Crippen LogP contribution in [0.4, 0.5) is 4.79 Å². The van der Waals surface area contributed by atoms with Crippen LogP contribution in [0, 0.1) is 0 Å². The molecule has 31 heavy (non-hydrogen) atoms. The van der Waals surface area contributed by atoms with Crippen molar-refractivity contribution >= 4 is 6.16 Å². The summed E-state index contributed by atoms with van der Waals surface area (Å²) in [6.07, 6.45) is 12.1. The first-order valence-electron chi connectivity index (χ1n) is 12.3. The molecule has 2 rings (SSSR count). The van der Waals surface area contributed by atoms with Crippen molar-refractivity contribution in [3.63, 3.8) is 0 Å². The zero-order valence-corrected chi connectivity index (χ0v) is 19.7. The van der Waals surface area contributed by atoms with Gasteiger partial charge in [0.15, 0.2) is 0 Å². The average molecular weight is 425 g/mol. The van der Waals surface area contributed by atoms with Crippen LogP contribution in [0.2, 0.25) is 0 Å². The third-order valence-electron chi connectivity index (χ3n) is 6.00. The minimum absolute atomic E-state index is 0.516. The van der Waals surface area contributed by atoms with Gasteiger partial charge < -0.3 is 9.84 Å². The van der Waals surface area contributed by atoms with Crippen LogP contribution in [0.3, 0.4) is 0 Å². The van der Waals surface area contributed by atoms with Gasteiger partial charge in [0.2, 0.25) is 0 Å². The number of aryl methyl sites for hydroxylation is 1. The Labute approximate surface area is 188 Å². The molecule has 1 N–H and O–H groups in total. The molecule has 0 aromatic heterocycles. The van der Waals surface area contributed by atoms with Gasteiger partial charge in [-0.25, -0.2) is 4.79 Å². The standard InChI is InChI=1S/C28H40O3/c1-4-7-10-15-22-16-13-14-17-23(22)25-20-21-27(31-28(29)30)26(19-12-9-6-3)24(25)18-11-8-5-2/h13-14,16-17,20-21H,4-12,15,18-19H2,1-3H3,(H,29,30). The molecule has 0 heterocycles. The number of rotatable bonds is 14. The van der Waals surface area contributed by atoms with E-state index in [4.69, 9.17) is 4.74 Å². The zero-order valence-electron chi connectivity index (χ0n) is 19.7. The molecule has 0 unspecified atom stereocenters. The highest BCUT2D eigenvalue weighted by molar-refractivity contribution is 5.74. The Balaban J connectivity index is 2.54. The molecular formula is C28H40O3. The Morgan fingerprint density at radius 3 is 1.90 bits per heavy atom. The summed E-state index contributed by atoms with van der Waals surface area (Å²) in [6.45, 7) is 6.65. The van der Waals surface area contributed by atoms with Gasteiger partial charge in [-0.1, -0.05) is 89.6 Å². The molecule has 0 saturated heterocycles. The first-order valence-corrected chi connectivity index (χ1v) is 12.3. The van der Waals surface area contributed by atoms with Gasteiger partial charge in [-0.2, -0.15) is 0 Å². The molecule has 0 radical (unpaired) electrons. The van der Waals surface area contributed by atoms with E-state index in [-0.39, 0.29) is 0 Å². The van der Waals surface area contributed by atoms with Gasteiger partial charge in [-0.3, -0.25) is 0 Å². The van der Waals surface area contributed by atoms with Crippen LogP contribution in [-0.4, -0.2) is 11.3 Å². The number of hydrogen-bond acceptors (Lipinski definition) is 2. The second kappa shape index (κ2) is 13.9. The fourth-order valence-corrected chi connectivity index (χ4v) is 4.34.